The number of benzene rings is 1. The van der Waals surface area contributed by atoms with E-state index in [9.17, 15) is 9.18 Å². The van der Waals surface area contributed by atoms with E-state index in [1.807, 2.05) is 24.3 Å². The van der Waals surface area contributed by atoms with Crippen molar-refractivity contribution in [2.24, 2.45) is 11.8 Å². The van der Waals surface area contributed by atoms with Gasteiger partial charge in [-0.25, -0.2) is 14.4 Å². The van der Waals surface area contributed by atoms with Crippen LogP contribution in [-0.2, 0) is 23.3 Å². The molecule has 3 aliphatic carbocycles. The average molecular weight is 474 g/mol. The number of halogens is 1. The molecule has 0 bridgehead atoms. The van der Waals surface area contributed by atoms with Crippen LogP contribution in [0.1, 0.15) is 75.7 Å². The first-order chi connectivity index (χ1) is 17.0. The van der Waals surface area contributed by atoms with Crippen molar-refractivity contribution in [2.45, 2.75) is 83.4 Å². The molecule has 0 amide bonds. The number of para-hydroxylation sites is 1. The SMILES string of the molecule is C[C@H]1C(=O)CC[C@@]2(C)c3nc(-c4cc(CF)nc5ccccc45)nc(OC4CCCC4)c3CC[C@H]12. The number of fused-ring (bicyclic) bond motifs is 4. The predicted molar refractivity (Wildman–Crippen MR) is 133 cm³/mol. The maximum Gasteiger partial charge on any atom is 0.220 e. The second-order valence-electron chi connectivity index (χ2n) is 10.8. The summed E-state index contributed by atoms with van der Waals surface area (Å²) < 4.78 is 20.3. The van der Waals surface area contributed by atoms with Crippen molar-refractivity contribution in [1.82, 2.24) is 15.0 Å². The Morgan fingerprint density at radius 3 is 2.69 bits per heavy atom. The number of ketones is 1. The number of aromatic nitrogens is 3. The molecule has 5 nitrogen and oxygen atoms in total. The van der Waals surface area contributed by atoms with E-state index >= 15 is 0 Å². The lowest BCUT2D eigenvalue weighted by atomic mass is 9.56. The van der Waals surface area contributed by atoms with E-state index in [1.54, 1.807) is 6.07 Å². The van der Waals surface area contributed by atoms with Crippen LogP contribution in [0.5, 0.6) is 5.88 Å². The quantitative estimate of drug-likeness (QED) is 0.445. The summed E-state index contributed by atoms with van der Waals surface area (Å²) in [5.41, 5.74) is 3.81. The van der Waals surface area contributed by atoms with Crippen LogP contribution >= 0.6 is 0 Å². The molecule has 3 aliphatic rings. The largest absolute Gasteiger partial charge is 0.474 e. The van der Waals surface area contributed by atoms with Crippen LogP contribution in [0.4, 0.5) is 4.39 Å². The molecule has 3 atom stereocenters. The summed E-state index contributed by atoms with van der Waals surface area (Å²) in [4.78, 5) is 27.3. The molecule has 182 valence electrons. The normalized spacial score (nSPS) is 26.5. The zero-order valence-corrected chi connectivity index (χ0v) is 20.5. The van der Waals surface area contributed by atoms with Gasteiger partial charge in [0, 0.05) is 34.3 Å². The first-order valence-electron chi connectivity index (χ1n) is 13.0. The third-order valence-corrected chi connectivity index (χ3v) is 8.76. The van der Waals surface area contributed by atoms with E-state index in [2.05, 4.69) is 18.8 Å². The molecule has 0 N–H and O–H groups in total. The highest BCUT2D eigenvalue weighted by molar-refractivity contribution is 5.93. The number of rotatable bonds is 4. The highest BCUT2D eigenvalue weighted by Gasteiger charge is 2.50. The second kappa shape index (κ2) is 8.65. The number of Topliss-reactive ketones (excluding diaryl/α,β-unsaturated/α-hetero) is 1. The minimum absolute atomic E-state index is 0.0272. The molecule has 0 radical (unpaired) electrons. The van der Waals surface area contributed by atoms with Crippen molar-refractivity contribution < 1.29 is 13.9 Å². The maximum absolute atomic E-state index is 13.8. The molecule has 3 aromatic rings. The van der Waals surface area contributed by atoms with Crippen molar-refractivity contribution in [2.75, 3.05) is 0 Å². The van der Waals surface area contributed by atoms with Crippen molar-refractivity contribution in [3.63, 3.8) is 0 Å². The van der Waals surface area contributed by atoms with E-state index in [0.717, 1.165) is 59.8 Å². The predicted octanol–water partition coefficient (Wildman–Crippen LogP) is 6.30. The van der Waals surface area contributed by atoms with Gasteiger partial charge in [0.15, 0.2) is 5.82 Å². The lowest BCUT2D eigenvalue weighted by molar-refractivity contribution is -0.128. The smallest absolute Gasteiger partial charge is 0.220 e. The van der Waals surface area contributed by atoms with Gasteiger partial charge in [-0.05, 0) is 63.0 Å². The van der Waals surface area contributed by atoms with Crippen molar-refractivity contribution >= 4 is 16.7 Å². The summed E-state index contributed by atoms with van der Waals surface area (Å²) in [6.07, 6.45) is 7.77. The van der Waals surface area contributed by atoms with Crippen LogP contribution in [0.25, 0.3) is 22.3 Å². The number of ether oxygens (including phenoxy) is 1. The Bertz CT molecular complexity index is 1300. The van der Waals surface area contributed by atoms with Gasteiger partial charge in [-0.15, -0.1) is 0 Å². The monoisotopic (exact) mass is 473 g/mol. The molecule has 2 aromatic heterocycles. The molecule has 2 heterocycles. The Balaban J connectivity index is 1.56. The third-order valence-electron chi connectivity index (χ3n) is 8.76. The summed E-state index contributed by atoms with van der Waals surface area (Å²) in [6.45, 7) is 3.71. The van der Waals surface area contributed by atoms with Gasteiger partial charge < -0.3 is 4.74 Å². The van der Waals surface area contributed by atoms with Crippen LogP contribution in [0, 0.1) is 11.8 Å². The highest BCUT2D eigenvalue weighted by Crippen LogP contribution is 2.52. The van der Waals surface area contributed by atoms with Crippen molar-refractivity contribution in [1.29, 1.82) is 0 Å². The van der Waals surface area contributed by atoms with Crippen LogP contribution in [0.2, 0.25) is 0 Å². The van der Waals surface area contributed by atoms with E-state index in [0.29, 0.717) is 29.6 Å². The number of nitrogens with zero attached hydrogens (tertiary/aromatic N) is 3. The van der Waals surface area contributed by atoms with Gasteiger partial charge >= 0.3 is 0 Å². The zero-order valence-electron chi connectivity index (χ0n) is 20.5. The van der Waals surface area contributed by atoms with Crippen LogP contribution in [-0.4, -0.2) is 26.8 Å². The minimum Gasteiger partial charge on any atom is -0.474 e. The highest BCUT2D eigenvalue weighted by atomic mass is 19.1. The number of carbonyl (C=O) groups excluding carboxylic acids is 1. The fourth-order valence-electron chi connectivity index (χ4n) is 6.76. The fraction of sp³-hybridized carbons (Fsp3) is 0.517. The number of hydrogen-bond acceptors (Lipinski definition) is 5. The molecule has 6 rings (SSSR count). The van der Waals surface area contributed by atoms with Gasteiger partial charge in [0.2, 0.25) is 5.88 Å². The number of alkyl halides is 1. The van der Waals surface area contributed by atoms with Gasteiger partial charge in [0.05, 0.1) is 16.9 Å². The average Bonchev–Trinajstić information content (AvgIpc) is 3.39. The van der Waals surface area contributed by atoms with Gasteiger partial charge in [-0.3, -0.25) is 4.79 Å². The van der Waals surface area contributed by atoms with Crippen LogP contribution in [0.3, 0.4) is 0 Å². The lowest BCUT2D eigenvalue weighted by Gasteiger charge is -2.48. The van der Waals surface area contributed by atoms with Crippen LogP contribution in [0.15, 0.2) is 30.3 Å². The summed E-state index contributed by atoms with van der Waals surface area (Å²) in [7, 11) is 0. The fourth-order valence-corrected chi connectivity index (χ4v) is 6.76. The summed E-state index contributed by atoms with van der Waals surface area (Å²) in [5, 5.41) is 0.904. The van der Waals surface area contributed by atoms with Gasteiger partial charge in [-0.1, -0.05) is 32.0 Å². The molecule has 35 heavy (non-hydrogen) atoms. The van der Waals surface area contributed by atoms with Crippen molar-refractivity contribution in [3.8, 4) is 17.3 Å². The molecule has 2 saturated carbocycles. The molecule has 0 aliphatic heterocycles. The first-order valence-corrected chi connectivity index (χ1v) is 13.0. The van der Waals surface area contributed by atoms with Crippen molar-refractivity contribution in [3.05, 3.63) is 47.3 Å². The molecule has 2 fully saturated rings. The Hall–Kier alpha value is -2.89. The molecular formula is C29H32FN3O2. The first kappa shape index (κ1) is 22.6. The Morgan fingerprint density at radius 2 is 1.89 bits per heavy atom. The topological polar surface area (TPSA) is 65.0 Å². The third kappa shape index (κ3) is 3.73. The minimum atomic E-state index is -0.645. The number of hydrogen-bond donors (Lipinski definition) is 0. The second-order valence-corrected chi connectivity index (χ2v) is 10.8. The Labute approximate surface area is 205 Å². The Morgan fingerprint density at radius 1 is 1.09 bits per heavy atom. The summed E-state index contributed by atoms with van der Waals surface area (Å²) >= 11 is 0. The van der Waals surface area contributed by atoms with E-state index in [1.165, 1.54) is 12.8 Å². The van der Waals surface area contributed by atoms with Crippen LogP contribution < -0.4 is 4.74 Å². The van der Waals surface area contributed by atoms with E-state index in [-0.39, 0.29) is 23.4 Å². The summed E-state index contributed by atoms with van der Waals surface area (Å²) in [5.74, 6) is 1.90. The maximum atomic E-state index is 13.8. The standard InChI is InChI=1S/C29H32FN3O2/c1-17-23-12-11-21-26(29(23,2)14-13-25(17)34)32-27(33-28(21)35-19-7-3-4-8-19)22-15-18(16-30)31-24-10-6-5-9-20(22)24/h5-6,9-10,15,17,19,23H,3-4,7-8,11-14,16H2,1-2H3/t17-,23-,29-/m1/s1. The van der Waals surface area contributed by atoms with E-state index < -0.39 is 6.67 Å². The molecule has 1 aromatic carbocycles. The zero-order chi connectivity index (χ0) is 24.2. The van der Waals surface area contributed by atoms with Gasteiger partial charge in [0.25, 0.3) is 0 Å². The molecule has 6 heteroatoms. The molecular weight excluding hydrogens is 441 g/mol. The lowest BCUT2D eigenvalue weighted by Crippen LogP contribution is -2.47. The molecule has 0 unspecified atom stereocenters. The van der Waals surface area contributed by atoms with Gasteiger partial charge in [-0.2, -0.15) is 4.98 Å². The van der Waals surface area contributed by atoms with Gasteiger partial charge in [0.1, 0.15) is 18.6 Å². The number of carbonyl (C=O) groups is 1. The van der Waals surface area contributed by atoms with E-state index in [4.69, 9.17) is 14.7 Å². The number of pyridine rings is 1. The summed E-state index contributed by atoms with van der Waals surface area (Å²) in [6, 6.07) is 9.54. The Kier molecular flexibility index (Phi) is 5.58. The molecule has 0 spiro atoms. The molecule has 0 saturated heterocycles.